The van der Waals surface area contributed by atoms with Crippen molar-refractivity contribution in [2.75, 3.05) is 27.2 Å². The highest BCUT2D eigenvalue weighted by molar-refractivity contribution is 5.85. The molecule has 0 unspecified atom stereocenters. The molecule has 6 heteroatoms. The fourth-order valence-corrected chi connectivity index (χ4v) is 4.62. The fourth-order valence-electron chi connectivity index (χ4n) is 4.62. The molecule has 6 nitrogen and oxygen atoms in total. The zero-order chi connectivity index (χ0) is 33.0. The van der Waals surface area contributed by atoms with Gasteiger partial charge in [-0.2, -0.15) is 0 Å². The van der Waals surface area contributed by atoms with Crippen molar-refractivity contribution in [3.63, 3.8) is 0 Å². The summed E-state index contributed by atoms with van der Waals surface area (Å²) in [6.45, 7) is 28.6. The molecular formula is C37H60N4O2. The number of aromatic hydroxyl groups is 2. The molecule has 0 fully saturated rings. The Labute approximate surface area is 263 Å². The first-order valence-electron chi connectivity index (χ1n) is 15.7. The van der Waals surface area contributed by atoms with Gasteiger partial charge in [0.25, 0.3) is 0 Å². The molecule has 0 aromatic heterocycles. The van der Waals surface area contributed by atoms with Gasteiger partial charge in [0.1, 0.15) is 11.5 Å². The zero-order valence-electron chi connectivity index (χ0n) is 29.7. The average molecular weight is 593 g/mol. The lowest BCUT2D eigenvalue weighted by atomic mass is 9.84. The number of rotatable bonds is 10. The number of nitrogens with zero attached hydrogens (tertiary/aromatic N) is 4. The summed E-state index contributed by atoms with van der Waals surface area (Å²) in [5.74, 6) is 0.620. The molecule has 2 aromatic rings. The predicted molar refractivity (Wildman–Crippen MR) is 186 cm³/mol. The van der Waals surface area contributed by atoms with Gasteiger partial charge in [-0.05, 0) is 109 Å². The lowest BCUT2D eigenvalue weighted by Gasteiger charge is -2.25. The topological polar surface area (TPSA) is 71.7 Å². The van der Waals surface area contributed by atoms with Crippen molar-refractivity contribution < 1.29 is 10.2 Å². The maximum atomic E-state index is 11.2. The van der Waals surface area contributed by atoms with Gasteiger partial charge in [0.15, 0.2) is 0 Å². The van der Waals surface area contributed by atoms with Crippen LogP contribution in [0.25, 0.3) is 0 Å². The van der Waals surface area contributed by atoms with Crippen molar-refractivity contribution in [3.05, 3.63) is 57.6 Å². The summed E-state index contributed by atoms with van der Waals surface area (Å²) in [7, 11) is 4.21. The van der Waals surface area contributed by atoms with Gasteiger partial charge in [0, 0.05) is 47.8 Å². The molecule has 0 saturated heterocycles. The second-order valence-corrected chi connectivity index (χ2v) is 16.3. The Bertz CT molecular complexity index is 1180. The van der Waals surface area contributed by atoms with Gasteiger partial charge < -0.3 is 20.0 Å². The summed E-state index contributed by atoms with van der Waals surface area (Å²) in [5, 5.41) is 22.3. The standard InChI is InChI=1S/C37H60N4O2/c1-34(2,3)30-18-26(22-38-36(7,8)9)32(42)28(20-30)24-40(13)16-15-17-41(14)25-29-21-31(35(4,5)6)19-27(33(29)43)23-39-37(10,11)12/h18-23,42-43H,15-17,24-25H2,1-14H3. The third-order valence-corrected chi connectivity index (χ3v) is 7.31. The minimum atomic E-state index is -0.209. The number of hydrogen-bond acceptors (Lipinski definition) is 6. The highest BCUT2D eigenvalue weighted by atomic mass is 16.3. The maximum Gasteiger partial charge on any atom is 0.128 e. The van der Waals surface area contributed by atoms with E-state index in [0.29, 0.717) is 24.6 Å². The molecule has 2 N–H and O–H groups in total. The monoisotopic (exact) mass is 592 g/mol. The van der Waals surface area contributed by atoms with Crippen LogP contribution in [0.3, 0.4) is 0 Å². The summed E-state index contributed by atoms with van der Waals surface area (Å²) < 4.78 is 0. The SMILES string of the molecule is CN(CCCN(C)Cc1cc(C(C)(C)C)cc(C=NC(C)(C)C)c1O)Cc1cc(C(C)(C)C)cc(C=NC(C)(C)C)c1O. The summed E-state index contributed by atoms with van der Waals surface area (Å²) in [6, 6.07) is 8.40. The first-order valence-corrected chi connectivity index (χ1v) is 15.7. The van der Waals surface area contributed by atoms with Gasteiger partial charge in [0.05, 0.1) is 11.1 Å². The molecule has 240 valence electrons. The van der Waals surface area contributed by atoms with E-state index in [2.05, 4.69) is 141 Å². The van der Waals surface area contributed by atoms with E-state index in [4.69, 9.17) is 0 Å². The summed E-state index contributed by atoms with van der Waals surface area (Å²) in [6.07, 6.45) is 4.59. The first kappa shape index (κ1) is 36.5. The molecule has 43 heavy (non-hydrogen) atoms. The molecule has 0 aliphatic heterocycles. The van der Waals surface area contributed by atoms with E-state index >= 15 is 0 Å². The van der Waals surface area contributed by atoms with Crippen LogP contribution in [0.15, 0.2) is 34.3 Å². The normalized spacial score (nSPS) is 13.8. The van der Waals surface area contributed by atoms with Crippen LogP contribution >= 0.6 is 0 Å². The van der Waals surface area contributed by atoms with Crippen molar-refractivity contribution in [2.45, 2.75) is 125 Å². The lowest BCUT2D eigenvalue weighted by Crippen LogP contribution is -2.26. The van der Waals surface area contributed by atoms with Crippen LogP contribution in [0, 0.1) is 0 Å². The number of hydrogen-bond donors (Lipinski definition) is 2. The molecule has 0 saturated carbocycles. The van der Waals surface area contributed by atoms with Crippen molar-refractivity contribution in [2.24, 2.45) is 9.98 Å². The highest BCUT2D eigenvalue weighted by Gasteiger charge is 2.21. The Hall–Kier alpha value is -2.70. The van der Waals surface area contributed by atoms with E-state index in [-0.39, 0.29) is 21.9 Å². The molecule has 0 aliphatic rings. The van der Waals surface area contributed by atoms with Crippen molar-refractivity contribution in [3.8, 4) is 11.5 Å². The Morgan fingerprint density at radius 3 is 1.19 bits per heavy atom. The van der Waals surface area contributed by atoms with Crippen LogP contribution in [0.2, 0.25) is 0 Å². The largest absolute Gasteiger partial charge is 0.507 e. The van der Waals surface area contributed by atoms with E-state index in [1.54, 1.807) is 0 Å². The molecule has 0 aliphatic carbocycles. The number of phenols is 2. The smallest absolute Gasteiger partial charge is 0.128 e. The molecule has 0 atom stereocenters. The summed E-state index contributed by atoms with van der Waals surface area (Å²) in [5.41, 5.74) is 5.27. The molecule has 2 rings (SSSR count). The van der Waals surface area contributed by atoms with E-state index in [1.165, 1.54) is 11.1 Å². The van der Waals surface area contributed by atoms with Crippen molar-refractivity contribution in [1.82, 2.24) is 9.80 Å². The van der Waals surface area contributed by atoms with Gasteiger partial charge >= 0.3 is 0 Å². The molecule has 2 aromatic carbocycles. The Morgan fingerprint density at radius 1 is 0.581 bits per heavy atom. The van der Waals surface area contributed by atoms with Crippen LogP contribution in [0.4, 0.5) is 0 Å². The molecule has 0 amide bonds. The molecule has 0 spiro atoms. The Kier molecular flexibility index (Phi) is 11.8. The van der Waals surface area contributed by atoms with E-state index in [9.17, 15) is 10.2 Å². The van der Waals surface area contributed by atoms with Gasteiger partial charge in [-0.1, -0.05) is 53.7 Å². The minimum absolute atomic E-state index is 0.0393. The van der Waals surface area contributed by atoms with Crippen LogP contribution in [0.5, 0.6) is 11.5 Å². The van der Waals surface area contributed by atoms with E-state index < -0.39 is 0 Å². The Balaban J connectivity index is 2.15. The average Bonchev–Trinajstić information content (AvgIpc) is 2.82. The van der Waals surface area contributed by atoms with Gasteiger partial charge in [-0.25, -0.2) is 0 Å². The highest BCUT2D eigenvalue weighted by Crippen LogP contribution is 2.33. The van der Waals surface area contributed by atoms with Gasteiger partial charge in [-0.3, -0.25) is 9.98 Å². The second-order valence-electron chi connectivity index (χ2n) is 16.3. The first-order chi connectivity index (χ1) is 19.5. The quantitative estimate of drug-likeness (QED) is 0.274. The lowest BCUT2D eigenvalue weighted by molar-refractivity contribution is 0.266. The second kappa shape index (κ2) is 13.9. The summed E-state index contributed by atoms with van der Waals surface area (Å²) >= 11 is 0. The Morgan fingerprint density at radius 2 is 0.907 bits per heavy atom. The van der Waals surface area contributed by atoms with E-state index in [1.807, 2.05) is 12.4 Å². The van der Waals surface area contributed by atoms with Crippen molar-refractivity contribution >= 4 is 12.4 Å². The van der Waals surface area contributed by atoms with Crippen LogP contribution < -0.4 is 0 Å². The van der Waals surface area contributed by atoms with Crippen LogP contribution in [0.1, 0.15) is 123 Å². The van der Waals surface area contributed by atoms with E-state index in [0.717, 1.165) is 41.8 Å². The number of aliphatic imine (C=N–C) groups is 2. The molecule has 0 radical (unpaired) electrons. The van der Waals surface area contributed by atoms with Gasteiger partial charge in [0.2, 0.25) is 0 Å². The third kappa shape index (κ3) is 12.1. The maximum absolute atomic E-state index is 11.2. The minimum Gasteiger partial charge on any atom is -0.507 e. The third-order valence-electron chi connectivity index (χ3n) is 7.31. The molecule has 0 bridgehead atoms. The van der Waals surface area contributed by atoms with Crippen LogP contribution in [-0.2, 0) is 23.9 Å². The zero-order valence-corrected chi connectivity index (χ0v) is 29.7. The molecular weight excluding hydrogens is 532 g/mol. The predicted octanol–water partition coefficient (Wildman–Crippen LogP) is 8.08. The van der Waals surface area contributed by atoms with Crippen LogP contribution in [-0.4, -0.2) is 70.7 Å². The molecule has 0 heterocycles. The summed E-state index contributed by atoms with van der Waals surface area (Å²) in [4.78, 5) is 13.8. The van der Waals surface area contributed by atoms with Gasteiger partial charge in [-0.15, -0.1) is 0 Å². The number of benzene rings is 2. The fraction of sp³-hybridized carbons (Fsp3) is 0.622. The van der Waals surface area contributed by atoms with Crippen molar-refractivity contribution in [1.29, 1.82) is 0 Å². The number of phenolic OH excluding ortho intramolecular Hbond substituents is 2.